The number of hydrogen-bond acceptors (Lipinski definition) is 3. The van der Waals surface area contributed by atoms with E-state index in [0.717, 1.165) is 11.3 Å². The van der Waals surface area contributed by atoms with Gasteiger partial charge in [0.05, 0.1) is 12.5 Å². The van der Waals surface area contributed by atoms with Gasteiger partial charge in [-0.3, -0.25) is 0 Å². The largest absolute Gasteiger partial charge is 0.462 e. The zero-order valence-corrected chi connectivity index (χ0v) is 7.93. The molecule has 1 aromatic rings. The highest BCUT2D eigenvalue weighted by Gasteiger charge is 2.36. The fourth-order valence-corrected chi connectivity index (χ4v) is 1.20. The maximum absolute atomic E-state index is 8.48. The molecule has 0 bridgehead atoms. The molecule has 0 radical (unpaired) electrons. The van der Waals surface area contributed by atoms with Crippen molar-refractivity contribution in [2.45, 2.75) is 25.7 Å². The molecule has 1 aliphatic rings. The van der Waals surface area contributed by atoms with Crippen LogP contribution in [0.3, 0.4) is 0 Å². The summed E-state index contributed by atoms with van der Waals surface area (Å²) in [7, 11) is 0. The highest BCUT2D eigenvalue weighted by molar-refractivity contribution is 5.29. The molecule has 1 heterocycles. The molecule has 1 saturated heterocycles. The monoisotopic (exact) mass is 189 g/mol. The highest BCUT2D eigenvalue weighted by atomic mass is 16.8. The van der Waals surface area contributed by atoms with Gasteiger partial charge in [-0.1, -0.05) is 12.1 Å². The fourth-order valence-electron chi connectivity index (χ4n) is 1.20. The van der Waals surface area contributed by atoms with Gasteiger partial charge in [0.2, 0.25) is 6.29 Å². The lowest BCUT2D eigenvalue weighted by atomic mass is 10.2. The van der Waals surface area contributed by atoms with E-state index in [1.807, 2.05) is 31.2 Å². The molecular weight excluding hydrogens is 178 g/mol. The lowest BCUT2D eigenvalue weighted by Crippen LogP contribution is -2.00. The molecule has 1 fully saturated rings. The molecule has 2 rings (SSSR count). The molecule has 0 spiro atoms. The number of nitrogens with zero attached hydrogens (tertiary/aromatic N) is 1. The Kier molecular flexibility index (Phi) is 2.38. The van der Waals surface area contributed by atoms with Crippen molar-refractivity contribution in [3.8, 4) is 11.8 Å². The third kappa shape index (κ3) is 2.04. The van der Waals surface area contributed by atoms with Gasteiger partial charge < -0.3 is 9.47 Å². The van der Waals surface area contributed by atoms with Crippen molar-refractivity contribution in [3.63, 3.8) is 0 Å². The molecule has 0 aliphatic carbocycles. The van der Waals surface area contributed by atoms with Crippen LogP contribution in [-0.4, -0.2) is 12.4 Å². The van der Waals surface area contributed by atoms with Gasteiger partial charge in [-0.25, -0.2) is 0 Å². The first-order valence-electron chi connectivity index (χ1n) is 4.57. The lowest BCUT2D eigenvalue weighted by Gasteiger charge is -2.02. The zero-order valence-electron chi connectivity index (χ0n) is 7.93. The Hall–Kier alpha value is -1.53. The number of rotatable bonds is 3. The van der Waals surface area contributed by atoms with Gasteiger partial charge in [0.1, 0.15) is 11.9 Å². The standard InChI is InChI=1S/C11H11NO2/c1-8-11(13-8)14-10-4-2-9(3-5-10)6-7-12/h2-5,8,11H,6H2,1H3. The molecule has 2 unspecified atom stereocenters. The summed E-state index contributed by atoms with van der Waals surface area (Å²) in [6.45, 7) is 1.97. The highest BCUT2D eigenvalue weighted by Crippen LogP contribution is 2.25. The second-order valence-corrected chi connectivity index (χ2v) is 3.31. The van der Waals surface area contributed by atoms with E-state index < -0.39 is 0 Å². The van der Waals surface area contributed by atoms with Gasteiger partial charge in [-0.2, -0.15) is 5.26 Å². The average Bonchev–Trinajstić information content (AvgIpc) is 2.86. The van der Waals surface area contributed by atoms with Crippen molar-refractivity contribution in [2.24, 2.45) is 0 Å². The first kappa shape index (κ1) is 9.04. The van der Waals surface area contributed by atoms with Gasteiger partial charge in [0, 0.05) is 0 Å². The summed E-state index contributed by atoms with van der Waals surface area (Å²) in [6, 6.07) is 9.61. The number of benzene rings is 1. The lowest BCUT2D eigenvalue weighted by molar-refractivity contribution is 0.178. The zero-order chi connectivity index (χ0) is 9.97. The van der Waals surface area contributed by atoms with E-state index in [1.165, 1.54) is 0 Å². The minimum Gasteiger partial charge on any atom is -0.462 e. The molecule has 14 heavy (non-hydrogen) atoms. The normalized spacial score (nSPS) is 24.0. The molecule has 0 aromatic heterocycles. The van der Waals surface area contributed by atoms with Crippen molar-refractivity contribution in [1.29, 1.82) is 5.26 Å². The van der Waals surface area contributed by atoms with Crippen LogP contribution in [0, 0.1) is 11.3 Å². The van der Waals surface area contributed by atoms with Crippen LogP contribution in [0.5, 0.6) is 5.75 Å². The topological polar surface area (TPSA) is 45.5 Å². The SMILES string of the molecule is CC1OC1Oc1ccc(CC#N)cc1. The van der Waals surface area contributed by atoms with Crippen molar-refractivity contribution < 1.29 is 9.47 Å². The second-order valence-electron chi connectivity index (χ2n) is 3.31. The Labute approximate surface area is 82.9 Å². The summed E-state index contributed by atoms with van der Waals surface area (Å²) in [5.74, 6) is 0.793. The van der Waals surface area contributed by atoms with Crippen molar-refractivity contribution in [2.75, 3.05) is 0 Å². The molecule has 0 saturated carbocycles. The van der Waals surface area contributed by atoms with Crippen molar-refractivity contribution in [3.05, 3.63) is 29.8 Å². The van der Waals surface area contributed by atoms with E-state index in [4.69, 9.17) is 14.7 Å². The van der Waals surface area contributed by atoms with Crippen LogP contribution in [0.15, 0.2) is 24.3 Å². The van der Waals surface area contributed by atoms with Crippen molar-refractivity contribution in [1.82, 2.24) is 0 Å². The third-order valence-electron chi connectivity index (χ3n) is 2.11. The number of nitriles is 1. The molecule has 3 nitrogen and oxygen atoms in total. The van der Waals surface area contributed by atoms with Crippen LogP contribution < -0.4 is 4.74 Å². The molecule has 0 N–H and O–H groups in total. The molecule has 1 aliphatic heterocycles. The Morgan fingerprint density at radius 1 is 1.43 bits per heavy atom. The van der Waals surface area contributed by atoms with Crippen LogP contribution in [-0.2, 0) is 11.2 Å². The van der Waals surface area contributed by atoms with Crippen LogP contribution in [0.2, 0.25) is 0 Å². The number of ether oxygens (including phenoxy) is 2. The molecule has 72 valence electrons. The Bertz CT molecular complexity index is 353. The summed E-state index contributed by atoms with van der Waals surface area (Å²) >= 11 is 0. The maximum atomic E-state index is 8.48. The van der Waals surface area contributed by atoms with Crippen molar-refractivity contribution >= 4 is 0 Å². The Morgan fingerprint density at radius 3 is 2.57 bits per heavy atom. The second kappa shape index (κ2) is 3.69. The van der Waals surface area contributed by atoms with Gasteiger partial charge in [0.15, 0.2) is 0 Å². The summed E-state index contributed by atoms with van der Waals surface area (Å²) < 4.78 is 10.6. The molecular formula is C11H11NO2. The molecule has 0 amide bonds. The minimum absolute atomic E-state index is 0.0863. The minimum atomic E-state index is -0.0863. The van der Waals surface area contributed by atoms with E-state index >= 15 is 0 Å². The van der Waals surface area contributed by atoms with Crippen LogP contribution in [0.25, 0.3) is 0 Å². The van der Waals surface area contributed by atoms with Gasteiger partial charge in [-0.05, 0) is 24.6 Å². The smallest absolute Gasteiger partial charge is 0.226 e. The van der Waals surface area contributed by atoms with E-state index in [9.17, 15) is 0 Å². The first-order chi connectivity index (χ1) is 6.79. The van der Waals surface area contributed by atoms with Gasteiger partial charge >= 0.3 is 0 Å². The maximum Gasteiger partial charge on any atom is 0.226 e. The predicted molar refractivity (Wildman–Crippen MR) is 50.7 cm³/mol. The van der Waals surface area contributed by atoms with E-state index in [2.05, 4.69) is 6.07 Å². The molecule has 3 heteroatoms. The third-order valence-corrected chi connectivity index (χ3v) is 2.11. The van der Waals surface area contributed by atoms with Crippen LogP contribution in [0.1, 0.15) is 12.5 Å². The summed E-state index contributed by atoms with van der Waals surface area (Å²) in [5, 5.41) is 8.48. The molecule has 1 aromatic carbocycles. The van der Waals surface area contributed by atoms with E-state index in [-0.39, 0.29) is 12.4 Å². The van der Waals surface area contributed by atoms with Crippen LogP contribution >= 0.6 is 0 Å². The Morgan fingerprint density at radius 2 is 2.07 bits per heavy atom. The van der Waals surface area contributed by atoms with E-state index in [0.29, 0.717) is 6.42 Å². The van der Waals surface area contributed by atoms with Gasteiger partial charge in [-0.15, -0.1) is 0 Å². The summed E-state index contributed by atoms with van der Waals surface area (Å²) in [5.41, 5.74) is 1.00. The average molecular weight is 189 g/mol. The number of hydrogen-bond donors (Lipinski definition) is 0. The fraction of sp³-hybridized carbons (Fsp3) is 0.364. The predicted octanol–water partition coefficient (Wildman–Crippen LogP) is 1.88. The quantitative estimate of drug-likeness (QED) is 0.682. The number of epoxide rings is 1. The van der Waals surface area contributed by atoms with E-state index in [1.54, 1.807) is 0 Å². The van der Waals surface area contributed by atoms with Crippen LogP contribution in [0.4, 0.5) is 0 Å². The van der Waals surface area contributed by atoms with Gasteiger partial charge in [0.25, 0.3) is 0 Å². The first-order valence-corrected chi connectivity index (χ1v) is 4.57. The summed E-state index contributed by atoms with van der Waals surface area (Å²) in [6.07, 6.45) is 0.557. The molecule has 2 atom stereocenters. The summed E-state index contributed by atoms with van der Waals surface area (Å²) in [4.78, 5) is 0. The Balaban J connectivity index is 1.96.